The zero-order valence-corrected chi connectivity index (χ0v) is 14.3. The molecule has 0 bridgehead atoms. The van der Waals surface area contributed by atoms with Crippen LogP contribution < -0.4 is 5.48 Å². The molecule has 1 aliphatic heterocycles. The summed E-state index contributed by atoms with van der Waals surface area (Å²) in [5, 5.41) is 16.6. The first-order valence-corrected chi connectivity index (χ1v) is 8.47. The fourth-order valence-electron chi connectivity index (χ4n) is 3.28. The Balaban J connectivity index is 1.61. The van der Waals surface area contributed by atoms with Gasteiger partial charge in [-0.25, -0.2) is 5.48 Å². The number of nitrogens with zero attached hydrogens (tertiary/aromatic N) is 4. The lowest BCUT2D eigenvalue weighted by atomic mass is 10.0. The molecular formula is C18H23N5O2. The van der Waals surface area contributed by atoms with Gasteiger partial charge in [-0.15, -0.1) is 5.10 Å². The molecule has 1 aliphatic rings. The van der Waals surface area contributed by atoms with Crippen LogP contribution in [0.15, 0.2) is 36.5 Å². The number of rotatable bonds is 6. The van der Waals surface area contributed by atoms with Crippen molar-refractivity contribution < 1.29 is 10.0 Å². The van der Waals surface area contributed by atoms with E-state index in [9.17, 15) is 4.79 Å². The summed E-state index contributed by atoms with van der Waals surface area (Å²) in [6.45, 7) is 2.07. The van der Waals surface area contributed by atoms with E-state index < -0.39 is 5.91 Å². The van der Waals surface area contributed by atoms with Gasteiger partial charge in [-0.1, -0.05) is 29.5 Å². The third-order valence-electron chi connectivity index (χ3n) is 4.53. The highest BCUT2D eigenvalue weighted by Gasteiger charge is 2.25. The summed E-state index contributed by atoms with van der Waals surface area (Å²) < 4.78 is 1.74. The van der Waals surface area contributed by atoms with Crippen LogP contribution in [0.2, 0.25) is 0 Å². The molecule has 1 aromatic carbocycles. The number of aryl methyl sites for hydroxylation is 1. The van der Waals surface area contributed by atoms with Gasteiger partial charge in [-0.05, 0) is 36.6 Å². The van der Waals surface area contributed by atoms with E-state index in [0.717, 1.165) is 37.2 Å². The number of aromatic nitrogens is 3. The molecule has 0 spiro atoms. The SMILES string of the molecule is Cn1cc(CCN2CCC[C@H]2c2ccc(/C=C/C(=O)NO)cc2)nn1. The van der Waals surface area contributed by atoms with Gasteiger partial charge in [0.15, 0.2) is 0 Å². The first-order valence-electron chi connectivity index (χ1n) is 8.47. The Kier molecular flexibility index (Phi) is 5.57. The highest BCUT2D eigenvalue weighted by atomic mass is 16.5. The van der Waals surface area contributed by atoms with E-state index in [4.69, 9.17) is 5.21 Å². The van der Waals surface area contributed by atoms with Crippen molar-refractivity contribution in [2.24, 2.45) is 7.05 Å². The second-order valence-corrected chi connectivity index (χ2v) is 6.30. The number of likely N-dealkylation sites (tertiary alicyclic amines) is 1. The average Bonchev–Trinajstić information content (AvgIpc) is 3.27. The van der Waals surface area contributed by atoms with E-state index in [2.05, 4.69) is 27.3 Å². The smallest absolute Gasteiger partial charge is 0.267 e. The van der Waals surface area contributed by atoms with E-state index in [1.165, 1.54) is 18.1 Å². The van der Waals surface area contributed by atoms with Crippen molar-refractivity contribution in [3.8, 4) is 0 Å². The van der Waals surface area contributed by atoms with Crippen LogP contribution in [0.25, 0.3) is 6.08 Å². The van der Waals surface area contributed by atoms with Gasteiger partial charge in [0, 0.05) is 38.3 Å². The standard InChI is InChI=1S/C18H23N5O2/c1-22-13-16(19-21-22)10-12-23-11-2-3-17(23)15-7-4-14(5-8-15)6-9-18(24)20-25/h4-9,13,17,25H,2-3,10-12H2,1H3,(H,20,24)/b9-6+/t17-/m0/s1. The van der Waals surface area contributed by atoms with Gasteiger partial charge in [-0.2, -0.15) is 0 Å². The maximum atomic E-state index is 11.0. The van der Waals surface area contributed by atoms with Crippen molar-refractivity contribution in [3.05, 3.63) is 53.4 Å². The molecule has 2 N–H and O–H groups in total. The van der Waals surface area contributed by atoms with Crippen molar-refractivity contribution in [1.29, 1.82) is 0 Å². The molecular weight excluding hydrogens is 318 g/mol. The number of hydrogen-bond acceptors (Lipinski definition) is 5. The molecule has 0 unspecified atom stereocenters. The highest BCUT2D eigenvalue weighted by molar-refractivity contribution is 5.90. The lowest BCUT2D eigenvalue weighted by Gasteiger charge is -2.24. The number of nitrogens with one attached hydrogen (secondary N) is 1. The molecule has 2 heterocycles. The van der Waals surface area contributed by atoms with E-state index in [1.807, 2.05) is 25.4 Å². The Hall–Kier alpha value is -2.51. The molecule has 25 heavy (non-hydrogen) atoms. The average molecular weight is 341 g/mol. The molecule has 132 valence electrons. The van der Waals surface area contributed by atoms with Crippen molar-refractivity contribution in [2.45, 2.75) is 25.3 Å². The summed E-state index contributed by atoms with van der Waals surface area (Å²) in [7, 11) is 1.88. The van der Waals surface area contributed by atoms with Crippen molar-refractivity contribution in [1.82, 2.24) is 25.4 Å². The van der Waals surface area contributed by atoms with Gasteiger partial charge in [0.1, 0.15) is 0 Å². The quantitative estimate of drug-likeness (QED) is 0.475. The topological polar surface area (TPSA) is 83.3 Å². The summed E-state index contributed by atoms with van der Waals surface area (Å²) in [6, 6.07) is 8.64. The van der Waals surface area contributed by atoms with Gasteiger partial charge >= 0.3 is 0 Å². The van der Waals surface area contributed by atoms with Crippen LogP contribution in [0.4, 0.5) is 0 Å². The van der Waals surface area contributed by atoms with Crippen molar-refractivity contribution in [3.63, 3.8) is 0 Å². The molecule has 0 radical (unpaired) electrons. The minimum absolute atomic E-state index is 0.426. The minimum atomic E-state index is -0.532. The first-order chi connectivity index (χ1) is 12.2. The third kappa shape index (κ3) is 4.52. The molecule has 7 heteroatoms. The lowest BCUT2D eigenvalue weighted by Crippen LogP contribution is -2.25. The zero-order valence-electron chi connectivity index (χ0n) is 14.3. The van der Waals surface area contributed by atoms with E-state index in [1.54, 1.807) is 16.2 Å². The van der Waals surface area contributed by atoms with Gasteiger partial charge in [0.2, 0.25) is 0 Å². The monoisotopic (exact) mass is 341 g/mol. The molecule has 3 rings (SSSR count). The maximum absolute atomic E-state index is 11.0. The van der Waals surface area contributed by atoms with Gasteiger partial charge in [0.25, 0.3) is 5.91 Å². The molecule has 1 saturated heterocycles. The van der Waals surface area contributed by atoms with Gasteiger partial charge in [0.05, 0.1) is 5.69 Å². The normalized spacial score (nSPS) is 18.1. The van der Waals surface area contributed by atoms with Gasteiger partial charge in [-0.3, -0.25) is 19.6 Å². The Bertz CT molecular complexity index is 738. The van der Waals surface area contributed by atoms with Crippen LogP contribution >= 0.6 is 0 Å². The summed E-state index contributed by atoms with van der Waals surface area (Å²) in [5.41, 5.74) is 4.83. The fourth-order valence-corrected chi connectivity index (χ4v) is 3.28. The number of carbonyl (C=O) groups excluding carboxylic acids is 1. The van der Waals surface area contributed by atoms with Crippen LogP contribution in [0.3, 0.4) is 0 Å². The Morgan fingerprint density at radius 2 is 2.20 bits per heavy atom. The highest BCUT2D eigenvalue weighted by Crippen LogP contribution is 2.32. The van der Waals surface area contributed by atoms with E-state index in [-0.39, 0.29) is 0 Å². The van der Waals surface area contributed by atoms with Crippen LogP contribution in [0.5, 0.6) is 0 Å². The van der Waals surface area contributed by atoms with E-state index >= 15 is 0 Å². The second-order valence-electron chi connectivity index (χ2n) is 6.30. The van der Waals surface area contributed by atoms with E-state index in [0.29, 0.717) is 6.04 Å². The van der Waals surface area contributed by atoms with Crippen LogP contribution in [-0.2, 0) is 18.3 Å². The van der Waals surface area contributed by atoms with Crippen LogP contribution in [-0.4, -0.2) is 44.1 Å². The molecule has 0 saturated carbocycles. The molecule has 7 nitrogen and oxygen atoms in total. The van der Waals surface area contributed by atoms with Crippen LogP contribution in [0, 0.1) is 0 Å². The van der Waals surface area contributed by atoms with Crippen molar-refractivity contribution >= 4 is 12.0 Å². The predicted octanol–water partition coefficient (Wildman–Crippen LogP) is 1.71. The first kappa shape index (κ1) is 17.3. The Morgan fingerprint density at radius 1 is 1.40 bits per heavy atom. The number of hydrogen-bond donors (Lipinski definition) is 2. The number of amides is 1. The third-order valence-corrected chi connectivity index (χ3v) is 4.53. The minimum Gasteiger partial charge on any atom is -0.296 e. The fraction of sp³-hybridized carbons (Fsp3) is 0.389. The number of hydroxylamine groups is 1. The predicted molar refractivity (Wildman–Crippen MR) is 93.7 cm³/mol. The van der Waals surface area contributed by atoms with Crippen molar-refractivity contribution in [2.75, 3.05) is 13.1 Å². The molecule has 1 amide bonds. The lowest BCUT2D eigenvalue weighted by molar-refractivity contribution is -0.124. The second kappa shape index (κ2) is 8.04. The van der Waals surface area contributed by atoms with Gasteiger partial charge < -0.3 is 0 Å². The Labute approximate surface area is 146 Å². The molecule has 1 atom stereocenters. The largest absolute Gasteiger partial charge is 0.296 e. The number of benzene rings is 1. The zero-order chi connectivity index (χ0) is 17.6. The summed E-state index contributed by atoms with van der Waals surface area (Å²) in [5.74, 6) is -0.532. The number of carbonyl (C=O) groups is 1. The summed E-state index contributed by atoms with van der Waals surface area (Å²) in [4.78, 5) is 13.5. The summed E-state index contributed by atoms with van der Waals surface area (Å²) in [6.07, 6.45) is 8.20. The molecule has 0 aliphatic carbocycles. The molecule has 1 aromatic heterocycles. The summed E-state index contributed by atoms with van der Waals surface area (Å²) >= 11 is 0. The Morgan fingerprint density at radius 3 is 2.88 bits per heavy atom. The maximum Gasteiger partial charge on any atom is 0.267 e. The molecule has 1 fully saturated rings. The molecule has 2 aromatic rings. The van der Waals surface area contributed by atoms with Crippen LogP contribution in [0.1, 0.15) is 35.7 Å².